The van der Waals surface area contributed by atoms with Crippen molar-refractivity contribution in [3.63, 3.8) is 0 Å². The third kappa shape index (κ3) is 3.27. The van der Waals surface area contributed by atoms with Crippen LogP contribution in [0.5, 0.6) is 0 Å². The number of aryl methyl sites for hydroxylation is 1. The van der Waals surface area contributed by atoms with E-state index in [2.05, 4.69) is 9.82 Å². The van der Waals surface area contributed by atoms with Gasteiger partial charge < -0.3 is 0 Å². The first kappa shape index (κ1) is 14.1. The van der Waals surface area contributed by atoms with E-state index in [0.717, 1.165) is 21.3 Å². The summed E-state index contributed by atoms with van der Waals surface area (Å²) in [5.74, 6) is 0. The van der Waals surface area contributed by atoms with Crippen molar-refractivity contribution in [2.75, 3.05) is 20.6 Å². The van der Waals surface area contributed by atoms with Crippen LogP contribution in [0.25, 0.3) is 0 Å². The van der Waals surface area contributed by atoms with Gasteiger partial charge in [0.25, 0.3) is 10.2 Å². The lowest BCUT2D eigenvalue weighted by molar-refractivity contribution is 0.496. The molecule has 1 N–H and O–H groups in total. The smallest absolute Gasteiger partial charge is 0.268 e. The van der Waals surface area contributed by atoms with Gasteiger partial charge in [-0.1, -0.05) is 0 Å². The van der Waals surface area contributed by atoms with Gasteiger partial charge in [0.15, 0.2) is 0 Å². The van der Waals surface area contributed by atoms with Crippen LogP contribution >= 0.6 is 0 Å². The number of nitrogens with zero attached hydrogens (tertiary/aromatic N) is 3. The highest BCUT2D eigenvalue weighted by atomic mass is 32.2. The Hall–Kier alpha value is -0.920. The minimum Gasteiger partial charge on any atom is -0.268 e. The first-order valence-electron chi connectivity index (χ1n) is 5.43. The fourth-order valence-corrected chi connectivity index (χ4v) is 2.02. The van der Waals surface area contributed by atoms with E-state index >= 15 is 0 Å². The van der Waals surface area contributed by atoms with Crippen LogP contribution in [-0.4, -0.2) is 43.1 Å². The Morgan fingerprint density at radius 2 is 1.88 bits per heavy atom. The molecule has 1 aromatic heterocycles. The average molecular weight is 260 g/mol. The summed E-state index contributed by atoms with van der Waals surface area (Å²) in [7, 11) is -0.351. The summed E-state index contributed by atoms with van der Waals surface area (Å²) in [4.78, 5) is 0. The van der Waals surface area contributed by atoms with E-state index in [4.69, 9.17) is 0 Å². The van der Waals surface area contributed by atoms with Crippen LogP contribution in [0.4, 0.5) is 0 Å². The lowest BCUT2D eigenvalue weighted by Crippen LogP contribution is -2.37. The number of nitrogens with one attached hydrogen (secondary N) is 1. The molecule has 0 radical (unpaired) electrons. The second kappa shape index (κ2) is 5.16. The highest BCUT2D eigenvalue weighted by Gasteiger charge is 2.12. The van der Waals surface area contributed by atoms with Gasteiger partial charge in [0.2, 0.25) is 0 Å². The van der Waals surface area contributed by atoms with Crippen LogP contribution in [0.2, 0.25) is 0 Å². The minimum atomic E-state index is -3.34. The van der Waals surface area contributed by atoms with Crippen molar-refractivity contribution in [3.8, 4) is 0 Å². The summed E-state index contributed by atoms with van der Waals surface area (Å²) >= 11 is 0. The van der Waals surface area contributed by atoms with Crippen LogP contribution < -0.4 is 4.72 Å². The molecule has 0 aliphatic heterocycles. The normalized spacial score (nSPS) is 12.4. The lowest BCUT2D eigenvalue weighted by Gasteiger charge is -2.12. The number of rotatable bonds is 5. The molecule has 0 atom stereocenters. The molecule has 98 valence electrons. The number of aromatic nitrogens is 2. The monoisotopic (exact) mass is 260 g/mol. The van der Waals surface area contributed by atoms with Gasteiger partial charge in [-0.25, -0.2) is 4.72 Å². The van der Waals surface area contributed by atoms with Crippen molar-refractivity contribution in [1.82, 2.24) is 18.8 Å². The fraction of sp³-hybridized carbons (Fsp3) is 0.700. The lowest BCUT2D eigenvalue weighted by atomic mass is 10.2. The highest BCUT2D eigenvalue weighted by molar-refractivity contribution is 7.87. The molecule has 0 unspecified atom stereocenters. The van der Waals surface area contributed by atoms with Crippen molar-refractivity contribution in [3.05, 3.63) is 17.0 Å². The van der Waals surface area contributed by atoms with Gasteiger partial charge in [-0.3, -0.25) is 4.68 Å². The minimum absolute atomic E-state index is 0.335. The molecule has 0 spiro atoms. The van der Waals surface area contributed by atoms with E-state index in [9.17, 15) is 8.42 Å². The molecule has 1 rings (SSSR count). The first-order valence-corrected chi connectivity index (χ1v) is 6.87. The summed E-state index contributed by atoms with van der Waals surface area (Å²) in [6.45, 7) is 6.81. The van der Waals surface area contributed by atoms with Crippen molar-refractivity contribution in [2.24, 2.45) is 0 Å². The number of hydrogen-bond acceptors (Lipinski definition) is 3. The van der Waals surface area contributed by atoms with Crippen LogP contribution in [0.1, 0.15) is 17.0 Å². The Kier molecular flexibility index (Phi) is 4.29. The Morgan fingerprint density at radius 1 is 1.29 bits per heavy atom. The molecule has 6 nitrogen and oxygen atoms in total. The number of hydrogen-bond donors (Lipinski definition) is 1. The molecule has 0 fully saturated rings. The molecular formula is C10H20N4O2S. The van der Waals surface area contributed by atoms with Gasteiger partial charge in [-0.2, -0.15) is 17.8 Å². The van der Waals surface area contributed by atoms with Gasteiger partial charge >= 0.3 is 0 Å². The molecule has 0 aliphatic carbocycles. The summed E-state index contributed by atoms with van der Waals surface area (Å²) in [5.41, 5.74) is 3.21. The van der Waals surface area contributed by atoms with Crippen molar-refractivity contribution in [2.45, 2.75) is 27.3 Å². The van der Waals surface area contributed by atoms with E-state index < -0.39 is 10.2 Å². The third-order valence-electron chi connectivity index (χ3n) is 2.83. The predicted molar refractivity (Wildman–Crippen MR) is 67.0 cm³/mol. The van der Waals surface area contributed by atoms with Crippen LogP contribution in [0, 0.1) is 20.8 Å². The van der Waals surface area contributed by atoms with Crippen LogP contribution in [-0.2, 0) is 16.8 Å². The molecule has 7 heteroatoms. The Labute approximate surface area is 103 Å². The van der Waals surface area contributed by atoms with E-state index in [-0.39, 0.29) is 0 Å². The zero-order valence-corrected chi connectivity index (χ0v) is 11.8. The van der Waals surface area contributed by atoms with E-state index in [1.54, 1.807) is 0 Å². The molecule has 1 aromatic rings. The second-order valence-electron chi connectivity index (χ2n) is 4.20. The second-order valence-corrected chi connectivity index (χ2v) is 6.17. The van der Waals surface area contributed by atoms with Gasteiger partial charge in [0.05, 0.1) is 12.2 Å². The Balaban J connectivity index is 2.61. The molecule has 0 aliphatic rings. The maximum Gasteiger partial charge on any atom is 0.278 e. The summed E-state index contributed by atoms with van der Waals surface area (Å²) in [5, 5.41) is 4.34. The fourth-order valence-electron chi connectivity index (χ4n) is 1.41. The van der Waals surface area contributed by atoms with Crippen molar-refractivity contribution >= 4 is 10.2 Å². The first-order chi connectivity index (χ1) is 7.75. The molecule has 17 heavy (non-hydrogen) atoms. The van der Waals surface area contributed by atoms with Crippen molar-refractivity contribution in [1.29, 1.82) is 0 Å². The Bertz CT molecular complexity index is 491. The van der Waals surface area contributed by atoms with Crippen LogP contribution in [0.15, 0.2) is 0 Å². The standard InChI is InChI=1S/C10H20N4O2S/c1-8-9(2)12-14(10(8)3)7-6-11-17(15,16)13(4)5/h11H,6-7H2,1-5H3. The zero-order valence-electron chi connectivity index (χ0n) is 11.0. The maximum atomic E-state index is 11.5. The van der Waals surface area contributed by atoms with Gasteiger partial charge in [-0.15, -0.1) is 0 Å². The molecular weight excluding hydrogens is 240 g/mol. The largest absolute Gasteiger partial charge is 0.278 e. The molecule has 0 bridgehead atoms. The zero-order chi connectivity index (χ0) is 13.2. The topological polar surface area (TPSA) is 67.2 Å². The molecule has 0 saturated carbocycles. The van der Waals surface area contributed by atoms with Crippen molar-refractivity contribution < 1.29 is 8.42 Å². The summed E-state index contributed by atoms with van der Waals surface area (Å²) < 4.78 is 28.4. The molecule has 0 amide bonds. The Morgan fingerprint density at radius 3 is 2.29 bits per heavy atom. The average Bonchev–Trinajstić information content (AvgIpc) is 2.46. The predicted octanol–water partition coefficient (Wildman–Crippen LogP) is 0.204. The summed E-state index contributed by atoms with van der Waals surface area (Å²) in [6.07, 6.45) is 0. The van der Waals surface area contributed by atoms with E-state index in [1.807, 2.05) is 25.5 Å². The molecule has 0 saturated heterocycles. The van der Waals surface area contributed by atoms with E-state index in [1.165, 1.54) is 14.1 Å². The van der Waals surface area contributed by atoms with E-state index in [0.29, 0.717) is 13.1 Å². The highest BCUT2D eigenvalue weighted by Crippen LogP contribution is 2.10. The quantitative estimate of drug-likeness (QED) is 0.822. The molecule has 1 heterocycles. The molecule has 0 aromatic carbocycles. The van der Waals surface area contributed by atoms with Gasteiger partial charge in [0, 0.05) is 26.3 Å². The third-order valence-corrected chi connectivity index (χ3v) is 4.36. The maximum absolute atomic E-state index is 11.5. The van der Waals surface area contributed by atoms with Gasteiger partial charge in [0.1, 0.15) is 0 Å². The van der Waals surface area contributed by atoms with Crippen LogP contribution in [0.3, 0.4) is 0 Å². The van der Waals surface area contributed by atoms with Gasteiger partial charge in [-0.05, 0) is 26.3 Å². The SMILES string of the molecule is Cc1nn(CCNS(=O)(=O)N(C)C)c(C)c1C. The summed E-state index contributed by atoms with van der Waals surface area (Å²) in [6, 6.07) is 0.